The van der Waals surface area contributed by atoms with E-state index < -0.39 is 23.4 Å². The molecule has 0 spiro atoms. The Bertz CT molecular complexity index is 3270. The van der Waals surface area contributed by atoms with Gasteiger partial charge in [-0.2, -0.15) is 0 Å². The van der Waals surface area contributed by atoms with E-state index in [9.17, 15) is 28.8 Å². The van der Waals surface area contributed by atoms with E-state index in [2.05, 4.69) is 0 Å². The second-order valence-corrected chi connectivity index (χ2v) is 19.6. The van der Waals surface area contributed by atoms with Crippen LogP contribution in [0.4, 0.5) is 9.59 Å². The largest absolute Gasteiger partial charge is 0.493 e. The van der Waals surface area contributed by atoms with E-state index in [0.29, 0.717) is 96.8 Å². The van der Waals surface area contributed by atoms with Gasteiger partial charge in [-0.3, -0.25) is 19.2 Å². The highest BCUT2D eigenvalue weighted by atomic mass is 16.7. The molecule has 0 bridgehead atoms. The number of nitrogens with zero attached hydrogens (tertiary/aromatic N) is 4. The summed E-state index contributed by atoms with van der Waals surface area (Å²) >= 11 is 0. The van der Waals surface area contributed by atoms with E-state index in [1.807, 2.05) is 24.3 Å². The topological polar surface area (TPSA) is 174 Å². The molecular formula is C54H56N4O12. The van der Waals surface area contributed by atoms with Crippen LogP contribution in [-0.4, -0.2) is 101 Å². The van der Waals surface area contributed by atoms with Crippen LogP contribution in [0, 0.1) is 0 Å². The molecule has 2 aromatic heterocycles. The van der Waals surface area contributed by atoms with Crippen molar-refractivity contribution in [3.05, 3.63) is 116 Å². The number of ketones is 2. The number of rotatable bonds is 14. The lowest BCUT2D eigenvalue weighted by atomic mass is 10.0. The van der Waals surface area contributed by atoms with Gasteiger partial charge in [0.15, 0.2) is 34.6 Å². The molecule has 0 fully saturated rings. The van der Waals surface area contributed by atoms with E-state index in [0.717, 1.165) is 0 Å². The van der Waals surface area contributed by atoms with Gasteiger partial charge in [-0.25, -0.2) is 9.59 Å². The molecule has 16 heteroatoms. The zero-order valence-corrected chi connectivity index (χ0v) is 40.7. The average molecular weight is 953 g/mol. The summed E-state index contributed by atoms with van der Waals surface area (Å²) in [6.45, 7) is 11.8. The third kappa shape index (κ3) is 8.71. The second-order valence-electron chi connectivity index (χ2n) is 19.6. The van der Waals surface area contributed by atoms with E-state index in [1.165, 1.54) is 14.2 Å². The van der Waals surface area contributed by atoms with Crippen LogP contribution >= 0.6 is 0 Å². The van der Waals surface area contributed by atoms with Gasteiger partial charge in [0.05, 0.1) is 42.1 Å². The lowest BCUT2D eigenvalue weighted by Gasteiger charge is -2.30. The van der Waals surface area contributed by atoms with E-state index in [1.54, 1.807) is 109 Å². The lowest BCUT2D eigenvalue weighted by Crippen LogP contribution is -2.42. The average Bonchev–Trinajstić information content (AvgIpc) is 3.99. The summed E-state index contributed by atoms with van der Waals surface area (Å²) < 4.78 is 37.4. The maximum absolute atomic E-state index is 14.6. The van der Waals surface area contributed by atoms with E-state index in [4.69, 9.17) is 28.4 Å². The highest BCUT2D eigenvalue weighted by Crippen LogP contribution is 2.47. The molecule has 16 nitrogen and oxygen atoms in total. The van der Waals surface area contributed by atoms with Gasteiger partial charge in [0.25, 0.3) is 11.1 Å². The minimum Gasteiger partial charge on any atom is -0.493 e. The number of amides is 2. The molecule has 0 N–H and O–H groups in total. The molecule has 4 aromatic carbocycles. The Morgan fingerprint density at radius 1 is 0.543 bits per heavy atom. The Morgan fingerprint density at radius 2 is 0.986 bits per heavy atom. The number of ether oxygens (including phenoxy) is 6. The number of aromatic nitrogens is 2. The van der Waals surface area contributed by atoms with Crippen LogP contribution in [0.1, 0.15) is 92.6 Å². The highest BCUT2D eigenvalue weighted by molar-refractivity contribution is 6.28. The van der Waals surface area contributed by atoms with Crippen LogP contribution in [0.3, 0.4) is 0 Å². The van der Waals surface area contributed by atoms with Gasteiger partial charge < -0.3 is 47.4 Å². The normalized spacial score (nSPS) is 13.3. The summed E-state index contributed by atoms with van der Waals surface area (Å²) in [5.74, 6) is 1.15. The molecule has 0 unspecified atom stereocenters. The fourth-order valence-corrected chi connectivity index (χ4v) is 9.63. The fraction of sp³-hybridized carbons (Fsp3) is 0.370. The minimum atomic E-state index is -0.823. The number of carbonyl (C=O) groups excluding carboxylic acids is 4. The van der Waals surface area contributed by atoms with Gasteiger partial charge in [-0.15, -0.1) is 0 Å². The maximum Gasteiger partial charge on any atom is 0.410 e. The van der Waals surface area contributed by atoms with Gasteiger partial charge >= 0.3 is 12.2 Å². The van der Waals surface area contributed by atoms with Crippen molar-refractivity contribution in [3.8, 4) is 45.5 Å². The van der Waals surface area contributed by atoms with E-state index in [-0.39, 0.29) is 80.6 Å². The van der Waals surface area contributed by atoms with Gasteiger partial charge in [0, 0.05) is 77.7 Å². The molecular weight excluding hydrogens is 897 g/mol. The molecule has 1 aliphatic heterocycles. The van der Waals surface area contributed by atoms with Gasteiger partial charge in [0.1, 0.15) is 11.2 Å². The number of fused-ring (bicyclic) bond motifs is 11. The molecule has 2 amide bonds. The van der Waals surface area contributed by atoms with Crippen LogP contribution in [0.2, 0.25) is 0 Å². The predicted octanol–water partition coefficient (Wildman–Crippen LogP) is 8.83. The van der Waals surface area contributed by atoms with Crippen LogP contribution in [-0.2, 0) is 22.6 Å². The molecule has 70 heavy (non-hydrogen) atoms. The highest BCUT2D eigenvalue weighted by Gasteiger charge is 2.37. The number of hydrogen-bond acceptors (Lipinski definition) is 12. The Kier molecular flexibility index (Phi) is 12.4. The zero-order valence-electron chi connectivity index (χ0n) is 40.7. The Labute approximate surface area is 404 Å². The van der Waals surface area contributed by atoms with Gasteiger partial charge in [-0.05, 0) is 91.1 Å². The fourth-order valence-electron chi connectivity index (χ4n) is 9.63. The summed E-state index contributed by atoms with van der Waals surface area (Å²) in [5.41, 5.74) is 1.72. The summed E-state index contributed by atoms with van der Waals surface area (Å²) in [5, 5.41) is 1.72. The van der Waals surface area contributed by atoms with Crippen molar-refractivity contribution in [2.45, 2.75) is 85.1 Å². The summed E-state index contributed by atoms with van der Waals surface area (Å²) in [6.07, 6.45) is -0.160. The number of methoxy groups -OCH3 is 2. The van der Waals surface area contributed by atoms with Crippen molar-refractivity contribution in [2.75, 3.05) is 47.2 Å². The first-order chi connectivity index (χ1) is 33.4. The third-order valence-electron chi connectivity index (χ3n) is 12.6. The van der Waals surface area contributed by atoms with Crippen molar-refractivity contribution in [1.29, 1.82) is 0 Å². The first kappa shape index (κ1) is 47.4. The van der Waals surface area contributed by atoms with Crippen molar-refractivity contribution in [2.24, 2.45) is 0 Å². The van der Waals surface area contributed by atoms with Crippen molar-refractivity contribution >= 4 is 45.3 Å². The summed E-state index contributed by atoms with van der Waals surface area (Å²) in [6, 6.07) is 21.0. The molecule has 9 rings (SSSR count). The second kappa shape index (κ2) is 18.4. The monoisotopic (exact) mass is 952 g/mol. The van der Waals surface area contributed by atoms with Crippen molar-refractivity contribution in [1.82, 2.24) is 18.9 Å². The quantitative estimate of drug-likeness (QED) is 0.101. The molecule has 0 atom stereocenters. The molecule has 0 saturated heterocycles. The summed E-state index contributed by atoms with van der Waals surface area (Å²) in [7, 11) is 2.96. The molecule has 3 aliphatic rings. The smallest absolute Gasteiger partial charge is 0.410 e. The van der Waals surface area contributed by atoms with Crippen LogP contribution in [0.15, 0.2) is 82.4 Å². The van der Waals surface area contributed by atoms with Crippen LogP contribution < -0.4 is 30.1 Å². The maximum atomic E-state index is 14.6. The van der Waals surface area contributed by atoms with Gasteiger partial charge in [0.2, 0.25) is 6.79 Å². The molecule has 364 valence electrons. The molecule has 3 heterocycles. The number of benzene rings is 4. The molecule has 0 radical (unpaired) electrons. The predicted molar refractivity (Wildman–Crippen MR) is 263 cm³/mol. The number of carbonyl (C=O) groups is 4. The standard InChI is InChI=1S/C54H56N4O12/c1-53(2,3)69-51(63)55(22-14-24-57-45-32-17-10-11-18-33(32)47(59)43(45)31-16-9-12-19-34(31)49(57)61)20-13-21-56(52(64)70-54(4,5)6)23-15-25-58-46-36-27-41-42(68-30-67-41)28-37(36)48(60)44(46)35-26-39(65-7)40(66-8)29-38(35)50(58)62/h9-12,16-19,26-29H,13-15,20-25,30H2,1-8H3. The Morgan fingerprint density at radius 3 is 1.54 bits per heavy atom. The van der Waals surface area contributed by atoms with Gasteiger partial charge in [-0.1, -0.05) is 42.5 Å². The lowest BCUT2D eigenvalue weighted by molar-refractivity contribution is 0.0200. The van der Waals surface area contributed by atoms with Crippen molar-refractivity contribution < 1.29 is 47.6 Å². The minimum absolute atomic E-state index is 0.00368. The first-order valence-corrected chi connectivity index (χ1v) is 23.5. The Balaban J connectivity index is 0.969. The molecule has 6 aromatic rings. The van der Waals surface area contributed by atoms with Crippen LogP contribution in [0.5, 0.6) is 23.0 Å². The zero-order chi connectivity index (χ0) is 49.8. The third-order valence-corrected chi connectivity index (χ3v) is 12.6. The SMILES string of the molecule is COc1cc2c3c(n(CCCN(CCCN(CCCn4c5c(c6ccccc6c4=O)C(=O)c4ccccc4-5)C(=O)OC(C)(C)C)C(=O)OC(C)(C)C)c(=O)c2cc1OC)-c1cc2c(cc1C3=O)OCO2. The van der Waals surface area contributed by atoms with Crippen molar-refractivity contribution in [3.63, 3.8) is 0 Å². The number of hydrogen-bond donors (Lipinski definition) is 0. The van der Waals surface area contributed by atoms with Crippen LogP contribution in [0.25, 0.3) is 44.1 Å². The molecule has 0 saturated carbocycles. The molecule has 2 aliphatic carbocycles. The number of pyridine rings is 2. The van der Waals surface area contributed by atoms with E-state index >= 15 is 0 Å². The first-order valence-electron chi connectivity index (χ1n) is 23.5. The Hall–Kier alpha value is -7.62. The summed E-state index contributed by atoms with van der Waals surface area (Å²) in [4.78, 5) is 87.7.